The van der Waals surface area contributed by atoms with Crippen LogP contribution in [0.25, 0.3) is 0 Å². The van der Waals surface area contributed by atoms with Gasteiger partial charge in [-0.1, -0.05) is 0 Å². The second kappa shape index (κ2) is 5.45. The van der Waals surface area contributed by atoms with E-state index in [9.17, 15) is 4.79 Å². The van der Waals surface area contributed by atoms with E-state index in [-0.39, 0.29) is 13.0 Å². The Balaban J connectivity index is 3.98. The van der Waals surface area contributed by atoms with Gasteiger partial charge in [-0.15, -0.1) is 0 Å². The van der Waals surface area contributed by atoms with E-state index in [2.05, 4.69) is 5.32 Å². The zero-order valence-electron chi connectivity index (χ0n) is 8.70. The molecule has 0 radical (unpaired) electrons. The number of hydrogen-bond donors (Lipinski definition) is 2. The molecule has 0 aromatic heterocycles. The number of carbonyl (C=O) groups is 1. The Bertz CT molecular complexity index is 227. The fourth-order valence-electron chi connectivity index (χ4n) is 0.746. The van der Waals surface area contributed by atoms with Crippen LogP contribution in [0.3, 0.4) is 0 Å². The maximum absolute atomic E-state index is 11.1. The molecule has 0 spiro atoms. The first-order valence-corrected chi connectivity index (χ1v) is 4.36. The Kier molecular flexibility index (Phi) is 4.95. The number of amides is 1. The third kappa shape index (κ3) is 6.26. The lowest BCUT2D eigenvalue weighted by atomic mass is 10.2. The van der Waals surface area contributed by atoms with E-state index < -0.39 is 17.7 Å². The highest BCUT2D eigenvalue weighted by Crippen LogP contribution is 2.06. The minimum Gasteiger partial charge on any atom is -0.444 e. The summed E-state index contributed by atoms with van der Waals surface area (Å²) < 4.78 is 4.95. The summed E-state index contributed by atoms with van der Waals surface area (Å²) in [7, 11) is 0. The number of hydrogen-bond acceptors (Lipinski definition) is 4. The Labute approximate surface area is 83.7 Å². The Morgan fingerprint density at radius 2 is 2.21 bits per heavy atom. The van der Waals surface area contributed by atoms with Gasteiger partial charge in [0.1, 0.15) is 5.60 Å². The van der Waals surface area contributed by atoms with Gasteiger partial charge >= 0.3 is 6.09 Å². The molecule has 14 heavy (non-hydrogen) atoms. The van der Waals surface area contributed by atoms with Crippen LogP contribution in [0.4, 0.5) is 4.79 Å². The average molecular weight is 200 g/mol. The Morgan fingerprint density at radius 3 is 2.57 bits per heavy atom. The SMILES string of the molecule is CC(C)(C)OC(=O)NC(CO)CC#N. The van der Waals surface area contributed by atoms with Crippen LogP contribution in [-0.4, -0.2) is 29.4 Å². The van der Waals surface area contributed by atoms with E-state index >= 15 is 0 Å². The number of nitrogens with one attached hydrogen (secondary N) is 1. The summed E-state index contributed by atoms with van der Waals surface area (Å²) in [6.07, 6.45) is -0.553. The number of carbonyl (C=O) groups excluding carboxylic acids is 1. The van der Waals surface area contributed by atoms with E-state index in [0.29, 0.717) is 0 Å². The quantitative estimate of drug-likeness (QED) is 0.705. The van der Waals surface area contributed by atoms with Crippen LogP contribution in [0.5, 0.6) is 0 Å². The number of nitrogens with zero attached hydrogens (tertiary/aromatic N) is 1. The van der Waals surface area contributed by atoms with Crippen molar-refractivity contribution < 1.29 is 14.6 Å². The van der Waals surface area contributed by atoms with Crippen molar-refractivity contribution in [3.63, 3.8) is 0 Å². The van der Waals surface area contributed by atoms with Gasteiger partial charge in [0.25, 0.3) is 0 Å². The van der Waals surface area contributed by atoms with Gasteiger partial charge in [-0.05, 0) is 20.8 Å². The lowest BCUT2D eigenvalue weighted by Crippen LogP contribution is -2.40. The highest BCUT2D eigenvalue weighted by Gasteiger charge is 2.18. The molecule has 0 aliphatic carbocycles. The van der Waals surface area contributed by atoms with Crippen molar-refractivity contribution in [2.24, 2.45) is 0 Å². The van der Waals surface area contributed by atoms with E-state index in [1.807, 2.05) is 6.07 Å². The molecule has 1 atom stereocenters. The number of ether oxygens (including phenoxy) is 1. The summed E-state index contributed by atoms with van der Waals surface area (Å²) >= 11 is 0. The van der Waals surface area contributed by atoms with Gasteiger partial charge in [0.05, 0.1) is 25.1 Å². The molecule has 5 nitrogen and oxygen atoms in total. The number of aliphatic hydroxyl groups is 1. The van der Waals surface area contributed by atoms with Gasteiger partial charge in [0.15, 0.2) is 0 Å². The first-order chi connectivity index (χ1) is 6.39. The van der Waals surface area contributed by atoms with Crippen LogP contribution in [0.15, 0.2) is 0 Å². The average Bonchev–Trinajstić information content (AvgIpc) is 2.00. The fraction of sp³-hybridized carbons (Fsp3) is 0.778. The molecule has 0 bridgehead atoms. The predicted octanol–water partition coefficient (Wildman–Crippen LogP) is 0.786. The van der Waals surface area contributed by atoms with E-state index in [1.165, 1.54) is 0 Å². The molecule has 1 unspecified atom stereocenters. The summed E-state index contributed by atoms with van der Waals surface area (Å²) in [6, 6.07) is 1.30. The van der Waals surface area contributed by atoms with Gasteiger partial charge < -0.3 is 15.2 Å². The zero-order valence-corrected chi connectivity index (χ0v) is 8.70. The zero-order chi connectivity index (χ0) is 11.2. The number of nitriles is 1. The standard InChI is InChI=1S/C9H16N2O3/c1-9(2,3)14-8(13)11-7(6-12)4-5-10/h7,12H,4,6H2,1-3H3,(H,11,13). The second-order valence-corrected chi connectivity index (χ2v) is 3.89. The molecule has 5 heteroatoms. The summed E-state index contributed by atoms with van der Waals surface area (Å²) in [5, 5.41) is 19.5. The fourth-order valence-corrected chi connectivity index (χ4v) is 0.746. The molecule has 80 valence electrons. The molecular weight excluding hydrogens is 184 g/mol. The molecule has 0 fully saturated rings. The highest BCUT2D eigenvalue weighted by atomic mass is 16.6. The van der Waals surface area contributed by atoms with Gasteiger partial charge in [-0.2, -0.15) is 5.26 Å². The topological polar surface area (TPSA) is 82.3 Å². The predicted molar refractivity (Wildman–Crippen MR) is 50.5 cm³/mol. The molecular formula is C9H16N2O3. The third-order valence-electron chi connectivity index (χ3n) is 1.28. The Morgan fingerprint density at radius 1 is 1.64 bits per heavy atom. The molecule has 1 amide bonds. The molecule has 0 aliphatic rings. The number of alkyl carbamates (subject to hydrolysis) is 1. The first kappa shape index (κ1) is 12.7. The molecule has 2 N–H and O–H groups in total. The first-order valence-electron chi connectivity index (χ1n) is 4.36. The van der Waals surface area contributed by atoms with Crippen molar-refractivity contribution in [1.82, 2.24) is 5.32 Å². The maximum atomic E-state index is 11.1. The maximum Gasteiger partial charge on any atom is 0.407 e. The minimum atomic E-state index is -0.619. The lowest BCUT2D eigenvalue weighted by Gasteiger charge is -2.21. The van der Waals surface area contributed by atoms with Crippen molar-refractivity contribution in [2.75, 3.05) is 6.61 Å². The minimum absolute atomic E-state index is 0.0652. The van der Waals surface area contributed by atoms with Crippen molar-refractivity contribution in [2.45, 2.75) is 38.8 Å². The molecule has 0 saturated carbocycles. The van der Waals surface area contributed by atoms with Crippen LogP contribution in [0, 0.1) is 11.3 Å². The largest absolute Gasteiger partial charge is 0.444 e. The van der Waals surface area contributed by atoms with Gasteiger partial charge in [-0.25, -0.2) is 4.79 Å². The van der Waals surface area contributed by atoms with Crippen molar-refractivity contribution in [3.05, 3.63) is 0 Å². The Hall–Kier alpha value is -1.28. The van der Waals surface area contributed by atoms with Crippen LogP contribution < -0.4 is 5.32 Å². The molecule has 0 rings (SSSR count). The van der Waals surface area contributed by atoms with E-state index in [0.717, 1.165) is 0 Å². The lowest BCUT2D eigenvalue weighted by molar-refractivity contribution is 0.0484. The molecule has 0 saturated heterocycles. The van der Waals surface area contributed by atoms with Crippen LogP contribution in [-0.2, 0) is 4.74 Å². The number of aliphatic hydroxyl groups excluding tert-OH is 1. The molecule has 0 aliphatic heterocycles. The molecule has 0 aromatic carbocycles. The van der Waals surface area contributed by atoms with Gasteiger partial charge in [-0.3, -0.25) is 0 Å². The smallest absolute Gasteiger partial charge is 0.407 e. The van der Waals surface area contributed by atoms with E-state index in [4.69, 9.17) is 15.1 Å². The van der Waals surface area contributed by atoms with Crippen molar-refractivity contribution in [1.29, 1.82) is 5.26 Å². The number of rotatable bonds is 3. The summed E-state index contributed by atoms with van der Waals surface area (Å²) in [5.41, 5.74) is -0.573. The van der Waals surface area contributed by atoms with Gasteiger partial charge in [0.2, 0.25) is 0 Å². The van der Waals surface area contributed by atoms with Crippen molar-refractivity contribution >= 4 is 6.09 Å². The van der Waals surface area contributed by atoms with Crippen LogP contribution in [0.1, 0.15) is 27.2 Å². The highest BCUT2D eigenvalue weighted by molar-refractivity contribution is 5.68. The summed E-state index contributed by atoms with van der Waals surface area (Å²) in [5.74, 6) is 0. The molecule has 0 aromatic rings. The van der Waals surface area contributed by atoms with Crippen LogP contribution in [0.2, 0.25) is 0 Å². The van der Waals surface area contributed by atoms with Crippen LogP contribution >= 0.6 is 0 Å². The van der Waals surface area contributed by atoms with E-state index in [1.54, 1.807) is 20.8 Å². The normalized spacial score (nSPS) is 12.8. The summed E-state index contributed by atoms with van der Waals surface area (Å²) in [4.78, 5) is 11.1. The third-order valence-corrected chi connectivity index (χ3v) is 1.28. The van der Waals surface area contributed by atoms with Gasteiger partial charge in [0, 0.05) is 0 Å². The monoisotopic (exact) mass is 200 g/mol. The van der Waals surface area contributed by atoms with Crippen molar-refractivity contribution in [3.8, 4) is 6.07 Å². The second-order valence-electron chi connectivity index (χ2n) is 3.89. The summed E-state index contributed by atoms with van der Waals surface area (Å²) in [6.45, 7) is 4.95. The molecule has 0 heterocycles.